The van der Waals surface area contributed by atoms with E-state index >= 15 is 0 Å². The molecule has 0 aliphatic rings. The third-order valence-corrected chi connectivity index (χ3v) is 5.71. The summed E-state index contributed by atoms with van der Waals surface area (Å²) >= 11 is 0. The topological polar surface area (TPSA) is 0 Å². The van der Waals surface area contributed by atoms with Gasteiger partial charge in [-0.05, 0) is 4.93 Å². The number of hydrogen-bond donors (Lipinski definition) is 0. The third kappa shape index (κ3) is 1.61. The zero-order valence-corrected chi connectivity index (χ0v) is 6.34. The van der Waals surface area contributed by atoms with Crippen LogP contribution >= 0.6 is 23.9 Å². The Bertz CT molecular complexity index is 143. The molecule has 30 valence electrons. The number of hydrogen-bond acceptors (Lipinski definition) is 0. The van der Waals surface area contributed by atoms with Crippen LogP contribution in [0.15, 0.2) is 0 Å². The Hall–Kier alpha value is 0.770. The van der Waals surface area contributed by atoms with E-state index in [-0.39, 0.29) is 0 Å². The van der Waals surface area contributed by atoms with Gasteiger partial charge in [0.05, 0.1) is 0 Å². The van der Waals surface area contributed by atoms with Crippen molar-refractivity contribution in [3.63, 3.8) is 0 Å². The van der Waals surface area contributed by atoms with Crippen LogP contribution in [-0.4, -0.2) is 15.7 Å². The molecule has 1 heterocycles. The summed E-state index contributed by atoms with van der Waals surface area (Å²) in [7, 11) is 13.9. The summed E-state index contributed by atoms with van der Waals surface area (Å²) in [5.41, 5.74) is 0. The first-order valence-corrected chi connectivity index (χ1v) is 5.35. The highest BCUT2D eigenvalue weighted by Gasteiger charge is 1.84. The van der Waals surface area contributed by atoms with E-state index in [0.717, 1.165) is 25.9 Å². The third-order valence-electron chi connectivity index (χ3n) is 0.520. The highest BCUT2D eigenvalue weighted by molar-refractivity contribution is 8.02. The van der Waals surface area contributed by atoms with E-state index in [9.17, 15) is 0 Å². The fraction of sp³-hybridized carbons (Fsp3) is 0. The van der Waals surface area contributed by atoms with Crippen molar-refractivity contribution in [3.8, 4) is 0 Å². The maximum absolute atomic E-state index is 5.43. The molecule has 0 spiro atoms. The van der Waals surface area contributed by atoms with Crippen molar-refractivity contribution in [1.29, 1.82) is 0 Å². The highest BCUT2D eigenvalue weighted by Crippen LogP contribution is 2.18. The molecule has 0 saturated heterocycles. The molecule has 1 aromatic rings. The fourth-order valence-corrected chi connectivity index (χ4v) is 4.62. The summed E-state index contributed by atoms with van der Waals surface area (Å²) in [5.74, 6) is 0. The second-order valence-corrected chi connectivity index (χ2v) is 5.85. The van der Waals surface area contributed by atoms with Crippen LogP contribution in [0, 0.1) is 0 Å². The summed E-state index contributed by atoms with van der Waals surface area (Å²) in [5, 5.41) is 0. The average Bonchev–Trinajstić information content (AvgIpc) is 1.87. The summed E-state index contributed by atoms with van der Waals surface area (Å²) < 4.78 is 0. The standard InChI is InChI=1S/C2HB2P3/c3-1-5-2(4)7-6-1/h6H. The van der Waals surface area contributed by atoms with E-state index in [2.05, 4.69) is 0 Å². The van der Waals surface area contributed by atoms with Crippen molar-refractivity contribution in [1.82, 2.24) is 0 Å². The van der Waals surface area contributed by atoms with Gasteiger partial charge in [0, 0.05) is 0 Å². The van der Waals surface area contributed by atoms with Crippen molar-refractivity contribution in [2.24, 2.45) is 0 Å². The maximum atomic E-state index is 5.43. The van der Waals surface area contributed by atoms with Gasteiger partial charge in [0.2, 0.25) is 0 Å². The Morgan fingerprint density at radius 1 is 1.43 bits per heavy atom. The Kier molecular flexibility index (Phi) is 1.99. The normalized spacial score (nSPS) is 12.6. The minimum atomic E-state index is 0.755. The molecule has 0 fully saturated rings. The first kappa shape index (κ1) is 5.90. The first-order chi connectivity index (χ1) is 3.29. The van der Waals surface area contributed by atoms with Gasteiger partial charge in [-0.3, -0.25) is 0 Å². The molecule has 7 heavy (non-hydrogen) atoms. The maximum Gasteiger partial charge on any atom is 0.128 e. The van der Waals surface area contributed by atoms with Crippen LogP contribution in [0.1, 0.15) is 0 Å². The van der Waals surface area contributed by atoms with Crippen LogP contribution in [-0.2, 0) is 0 Å². The average molecular weight is 140 g/mol. The second kappa shape index (κ2) is 2.36. The Morgan fingerprint density at radius 3 is 2.29 bits per heavy atom. The van der Waals surface area contributed by atoms with Gasteiger partial charge in [-0.25, -0.2) is 0 Å². The van der Waals surface area contributed by atoms with Crippen LogP contribution in [0.25, 0.3) is 0 Å². The van der Waals surface area contributed by atoms with Crippen LogP contribution in [0.3, 0.4) is 0 Å². The van der Waals surface area contributed by atoms with Gasteiger partial charge in [0.25, 0.3) is 0 Å². The molecule has 0 bridgehead atoms. The zero-order chi connectivity index (χ0) is 5.28. The van der Waals surface area contributed by atoms with Crippen molar-refractivity contribution in [2.75, 3.05) is 0 Å². The molecule has 1 atom stereocenters. The molecule has 0 aromatic carbocycles. The molecule has 4 radical (unpaired) electrons. The predicted octanol–water partition coefficient (Wildman–Crippen LogP) is 0.466. The van der Waals surface area contributed by atoms with E-state index in [4.69, 9.17) is 15.7 Å². The smallest absolute Gasteiger partial charge is 0.114 e. The van der Waals surface area contributed by atoms with Gasteiger partial charge in [0.1, 0.15) is 15.7 Å². The molecule has 1 rings (SSSR count). The Balaban J connectivity index is 3.04. The highest BCUT2D eigenvalue weighted by atomic mass is 31.8. The van der Waals surface area contributed by atoms with Gasteiger partial charge in [-0.1, -0.05) is 21.0 Å². The molecular weight excluding hydrogens is 139 g/mol. The van der Waals surface area contributed by atoms with Gasteiger partial charge in [-0.2, -0.15) is 0 Å². The lowest BCUT2D eigenvalue weighted by Gasteiger charge is -1.70. The van der Waals surface area contributed by atoms with E-state index < -0.39 is 0 Å². The molecular formula is C2HB2P3. The van der Waals surface area contributed by atoms with E-state index in [1.807, 2.05) is 0 Å². The lowest BCUT2D eigenvalue weighted by atomic mass is 10.2. The lowest BCUT2D eigenvalue weighted by molar-refractivity contribution is 3.16. The molecule has 0 N–H and O–H groups in total. The van der Waals surface area contributed by atoms with Crippen LogP contribution in [0.4, 0.5) is 0 Å². The quantitative estimate of drug-likeness (QED) is 0.459. The van der Waals surface area contributed by atoms with Gasteiger partial charge < -0.3 is 0 Å². The van der Waals surface area contributed by atoms with E-state index in [0.29, 0.717) is 0 Å². The van der Waals surface area contributed by atoms with E-state index in [1.165, 1.54) is 7.87 Å². The van der Waals surface area contributed by atoms with Gasteiger partial charge in [-0.15, -0.1) is 7.87 Å². The molecule has 0 nitrogen and oxygen atoms in total. The summed E-state index contributed by atoms with van der Waals surface area (Å²) in [4.78, 5) is 2.02. The van der Waals surface area contributed by atoms with E-state index in [1.54, 1.807) is 0 Å². The number of rotatable bonds is 0. The SMILES string of the molecule is [B]c1p[pH]c([B])p1. The largest absolute Gasteiger partial charge is 0.128 e. The molecule has 1 unspecified atom stereocenters. The lowest BCUT2D eigenvalue weighted by Crippen LogP contribution is -1.88. The van der Waals surface area contributed by atoms with Crippen molar-refractivity contribution in [3.05, 3.63) is 0 Å². The van der Waals surface area contributed by atoms with Crippen LogP contribution in [0.2, 0.25) is 0 Å². The van der Waals surface area contributed by atoms with Gasteiger partial charge >= 0.3 is 0 Å². The molecule has 1 aromatic heterocycles. The molecule has 5 heteroatoms. The minimum Gasteiger partial charge on any atom is -0.114 e. The monoisotopic (exact) mass is 140 g/mol. The fourth-order valence-electron chi connectivity index (χ4n) is 0.288. The molecule has 0 aliphatic carbocycles. The molecule has 0 aliphatic heterocycles. The molecule has 0 saturated carbocycles. The second-order valence-electron chi connectivity index (χ2n) is 1.08. The van der Waals surface area contributed by atoms with Gasteiger partial charge in [0.15, 0.2) is 0 Å². The zero-order valence-electron chi connectivity index (χ0n) is 3.55. The van der Waals surface area contributed by atoms with Crippen molar-refractivity contribution >= 4 is 49.5 Å². The summed E-state index contributed by atoms with van der Waals surface area (Å²) in [6, 6.07) is 0. The summed E-state index contributed by atoms with van der Waals surface area (Å²) in [6.45, 7) is 0. The van der Waals surface area contributed by atoms with Crippen molar-refractivity contribution < 1.29 is 0 Å². The van der Waals surface area contributed by atoms with Crippen LogP contribution in [0.5, 0.6) is 0 Å². The van der Waals surface area contributed by atoms with Crippen LogP contribution < -0.4 is 9.85 Å². The minimum absolute atomic E-state index is 0.755. The summed E-state index contributed by atoms with van der Waals surface area (Å²) in [6.07, 6.45) is 0. The first-order valence-electron chi connectivity index (χ1n) is 1.72. The van der Waals surface area contributed by atoms with Crippen molar-refractivity contribution in [2.45, 2.75) is 0 Å². The Labute approximate surface area is 50.1 Å². The molecule has 0 amide bonds. The Morgan fingerprint density at radius 2 is 2.14 bits per heavy atom. The predicted molar refractivity (Wildman–Crippen MR) is 41.7 cm³/mol.